The molecule has 33 heavy (non-hydrogen) atoms. The van der Waals surface area contributed by atoms with Gasteiger partial charge in [-0.2, -0.15) is 0 Å². The number of carbonyl (C=O) groups excluding carboxylic acids is 2. The van der Waals surface area contributed by atoms with Crippen LogP contribution in [0.2, 0.25) is 0 Å². The summed E-state index contributed by atoms with van der Waals surface area (Å²) < 4.78 is 11.7. The van der Waals surface area contributed by atoms with Crippen LogP contribution in [0.4, 0.5) is 0 Å². The van der Waals surface area contributed by atoms with E-state index in [1.54, 1.807) is 26.0 Å². The molecule has 2 atom stereocenters. The summed E-state index contributed by atoms with van der Waals surface area (Å²) in [7, 11) is 0. The first-order valence-electron chi connectivity index (χ1n) is 10.7. The number of hydrogen-bond donors (Lipinski definition) is 0. The third-order valence-corrected chi connectivity index (χ3v) is 6.90. The number of thioether (sulfide) groups is 1. The minimum absolute atomic E-state index is 0.112. The molecule has 0 amide bonds. The zero-order valence-electron chi connectivity index (χ0n) is 18.2. The maximum atomic E-state index is 13.0. The van der Waals surface area contributed by atoms with Crippen LogP contribution in [0.15, 0.2) is 80.1 Å². The summed E-state index contributed by atoms with van der Waals surface area (Å²) in [5.74, 6) is -0.976. The van der Waals surface area contributed by atoms with Gasteiger partial charge in [0.1, 0.15) is 17.3 Å². The molecule has 1 aromatic heterocycles. The van der Waals surface area contributed by atoms with Gasteiger partial charge in [-0.1, -0.05) is 54.2 Å². The second-order valence-corrected chi connectivity index (χ2v) is 8.91. The lowest BCUT2D eigenvalue weighted by molar-refractivity contribution is -0.146. The van der Waals surface area contributed by atoms with Crippen molar-refractivity contribution in [2.24, 2.45) is 10.9 Å². The van der Waals surface area contributed by atoms with Gasteiger partial charge in [-0.3, -0.25) is 19.4 Å². The smallest absolute Gasteiger partial charge is 0.315 e. The van der Waals surface area contributed by atoms with E-state index in [1.165, 1.54) is 17.8 Å². The molecule has 0 spiro atoms. The van der Waals surface area contributed by atoms with E-state index in [4.69, 9.17) is 9.15 Å². The number of rotatable bonds is 4. The molecule has 166 valence electrons. The molecule has 2 aromatic carbocycles. The lowest BCUT2D eigenvalue weighted by Gasteiger charge is -2.30. The number of benzene rings is 2. The molecular formula is C26H21NO5S. The Hall–Kier alpha value is -3.45. The fourth-order valence-corrected chi connectivity index (χ4v) is 5.45. The van der Waals surface area contributed by atoms with E-state index in [2.05, 4.69) is 4.99 Å². The van der Waals surface area contributed by atoms with Crippen molar-refractivity contribution in [1.29, 1.82) is 0 Å². The Balaban J connectivity index is 1.78. The van der Waals surface area contributed by atoms with E-state index in [0.717, 1.165) is 5.56 Å². The first-order chi connectivity index (χ1) is 16.0. The molecule has 5 rings (SSSR count). The molecule has 0 N–H and O–H groups in total. The Labute approximate surface area is 194 Å². The maximum absolute atomic E-state index is 13.0. The molecular weight excluding hydrogens is 438 g/mol. The molecule has 0 aliphatic carbocycles. The van der Waals surface area contributed by atoms with Gasteiger partial charge in [0.2, 0.25) is 5.12 Å². The van der Waals surface area contributed by atoms with Crippen LogP contribution in [0.5, 0.6) is 0 Å². The number of para-hydroxylation sites is 1. The lowest BCUT2D eigenvalue weighted by atomic mass is 9.75. The van der Waals surface area contributed by atoms with Gasteiger partial charge >= 0.3 is 5.97 Å². The molecule has 2 aliphatic rings. The van der Waals surface area contributed by atoms with E-state index in [-0.39, 0.29) is 17.2 Å². The third-order valence-electron chi connectivity index (χ3n) is 6.00. The second kappa shape index (κ2) is 8.48. The zero-order chi connectivity index (χ0) is 23.1. The predicted molar refractivity (Wildman–Crippen MR) is 128 cm³/mol. The predicted octanol–water partition coefficient (Wildman–Crippen LogP) is 4.72. The van der Waals surface area contributed by atoms with Crippen LogP contribution < -0.4 is 5.43 Å². The molecule has 2 unspecified atom stereocenters. The summed E-state index contributed by atoms with van der Waals surface area (Å²) in [6.07, 6.45) is 0. The maximum Gasteiger partial charge on any atom is 0.315 e. The van der Waals surface area contributed by atoms with Gasteiger partial charge in [-0.05, 0) is 19.9 Å². The van der Waals surface area contributed by atoms with Crippen molar-refractivity contribution in [3.63, 3.8) is 0 Å². The summed E-state index contributed by atoms with van der Waals surface area (Å²) in [6, 6.07) is 16.1. The highest BCUT2D eigenvalue weighted by Crippen LogP contribution is 2.47. The molecule has 0 radical (unpaired) electrons. The van der Waals surface area contributed by atoms with Gasteiger partial charge in [0.05, 0.1) is 17.7 Å². The topological polar surface area (TPSA) is 85.9 Å². The SMILES string of the molecule is CCOC(=O)C1C(C)=NC2=C(C(=O)SC2)C1c1cccc2c(=O)cc(-c3ccccc3)oc12. The van der Waals surface area contributed by atoms with Crippen molar-refractivity contribution in [2.75, 3.05) is 12.4 Å². The monoisotopic (exact) mass is 459 g/mol. The second-order valence-electron chi connectivity index (χ2n) is 7.96. The van der Waals surface area contributed by atoms with E-state index in [1.807, 2.05) is 36.4 Å². The molecule has 6 nitrogen and oxygen atoms in total. The molecule has 0 bridgehead atoms. The molecule has 0 saturated heterocycles. The van der Waals surface area contributed by atoms with Crippen molar-refractivity contribution in [3.8, 4) is 11.3 Å². The zero-order valence-corrected chi connectivity index (χ0v) is 19.0. The Kier molecular flexibility index (Phi) is 5.50. The van der Waals surface area contributed by atoms with Crippen LogP contribution in [0.3, 0.4) is 0 Å². The standard InChI is InChI=1S/C26H21NO5S/c1-3-31-25(29)21-14(2)27-18-13-33-26(30)23(18)22(21)17-11-7-10-16-19(28)12-20(32-24(16)17)15-8-5-4-6-9-15/h4-12,21-22H,3,13H2,1-2H3. The molecule has 3 heterocycles. The fourth-order valence-electron chi connectivity index (χ4n) is 4.56. The van der Waals surface area contributed by atoms with Crippen LogP contribution in [0, 0.1) is 5.92 Å². The Morgan fingerprint density at radius 1 is 1.15 bits per heavy atom. The summed E-state index contributed by atoms with van der Waals surface area (Å²) in [5, 5.41) is 0.286. The summed E-state index contributed by atoms with van der Waals surface area (Å²) in [5.41, 5.74) is 3.31. The molecule has 7 heteroatoms. The first-order valence-corrected chi connectivity index (χ1v) is 11.7. The quantitative estimate of drug-likeness (QED) is 0.525. The highest BCUT2D eigenvalue weighted by atomic mass is 32.2. The lowest BCUT2D eigenvalue weighted by Crippen LogP contribution is -2.35. The highest BCUT2D eigenvalue weighted by molar-refractivity contribution is 8.14. The van der Waals surface area contributed by atoms with Gasteiger partial charge in [-0.15, -0.1) is 0 Å². The molecule has 3 aromatic rings. The summed E-state index contributed by atoms with van der Waals surface area (Å²) >= 11 is 1.17. The Morgan fingerprint density at radius 2 is 1.94 bits per heavy atom. The van der Waals surface area contributed by atoms with Crippen LogP contribution in [-0.2, 0) is 14.3 Å². The Bertz CT molecular complexity index is 1400. The third kappa shape index (κ3) is 3.62. The number of carbonyl (C=O) groups is 2. The van der Waals surface area contributed by atoms with Crippen molar-refractivity contribution in [3.05, 3.63) is 81.7 Å². The van der Waals surface area contributed by atoms with Crippen molar-refractivity contribution >= 4 is 39.5 Å². The highest BCUT2D eigenvalue weighted by Gasteiger charge is 2.45. The Morgan fingerprint density at radius 3 is 2.70 bits per heavy atom. The normalized spacial score (nSPS) is 20.1. The van der Waals surface area contributed by atoms with E-state index >= 15 is 0 Å². The minimum Gasteiger partial charge on any atom is -0.465 e. The number of hydrogen-bond acceptors (Lipinski definition) is 7. The van der Waals surface area contributed by atoms with E-state index in [9.17, 15) is 14.4 Å². The van der Waals surface area contributed by atoms with Gasteiger partial charge < -0.3 is 9.15 Å². The number of nitrogens with zero attached hydrogens (tertiary/aromatic N) is 1. The van der Waals surface area contributed by atoms with Gasteiger partial charge in [0.25, 0.3) is 0 Å². The van der Waals surface area contributed by atoms with E-state index < -0.39 is 17.8 Å². The van der Waals surface area contributed by atoms with Crippen molar-refractivity contribution < 1.29 is 18.7 Å². The largest absolute Gasteiger partial charge is 0.465 e. The molecule has 0 fully saturated rings. The van der Waals surface area contributed by atoms with Crippen LogP contribution >= 0.6 is 11.8 Å². The molecule has 0 saturated carbocycles. The number of aliphatic imine (C=N–C) groups is 1. The summed E-state index contributed by atoms with van der Waals surface area (Å²) in [4.78, 5) is 43.6. The average molecular weight is 460 g/mol. The fraction of sp³-hybridized carbons (Fsp3) is 0.231. The number of esters is 1. The minimum atomic E-state index is -0.775. The average Bonchev–Trinajstić information content (AvgIpc) is 3.18. The molecule has 2 aliphatic heterocycles. The van der Waals surface area contributed by atoms with Gasteiger partial charge in [0, 0.05) is 40.1 Å². The van der Waals surface area contributed by atoms with Crippen molar-refractivity contribution in [1.82, 2.24) is 0 Å². The van der Waals surface area contributed by atoms with Crippen LogP contribution in [0.25, 0.3) is 22.3 Å². The van der Waals surface area contributed by atoms with E-state index in [0.29, 0.717) is 45.0 Å². The van der Waals surface area contributed by atoms with Crippen LogP contribution in [0.1, 0.15) is 25.3 Å². The van der Waals surface area contributed by atoms with Gasteiger partial charge in [-0.25, -0.2) is 0 Å². The number of fused-ring (bicyclic) bond motifs is 1. The first kappa shape index (κ1) is 21.4. The number of ether oxygens (including phenoxy) is 1. The van der Waals surface area contributed by atoms with Crippen molar-refractivity contribution in [2.45, 2.75) is 19.8 Å². The summed E-state index contributed by atoms with van der Waals surface area (Å²) in [6.45, 7) is 3.74. The van der Waals surface area contributed by atoms with Gasteiger partial charge in [0.15, 0.2) is 5.43 Å². The van der Waals surface area contributed by atoms with Crippen LogP contribution in [-0.4, -0.2) is 29.2 Å².